The van der Waals surface area contributed by atoms with Crippen LogP contribution in [0.5, 0.6) is 0 Å². The van der Waals surface area contributed by atoms with Gasteiger partial charge in [0.1, 0.15) is 0 Å². The Hall–Kier alpha value is -2.91. The molecule has 0 aromatic carbocycles. The Kier molecular flexibility index (Phi) is 5.02. The normalized spacial score (nSPS) is 12.2. The molecule has 2 aliphatic heterocycles. The van der Waals surface area contributed by atoms with Crippen molar-refractivity contribution >= 4 is 46.4 Å². The molecule has 5 heterocycles. The van der Waals surface area contributed by atoms with E-state index in [4.69, 9.17) is 4.98 Å². The summed E-state index contributed by atoms with van der Waals surface area (Å²) in [7, 11) is 0. The Morgan fingerprint density at radius 2 is 1.29 bits per heavy atom. The van der Waals surface area contributed by atoms with Gasteiger partial charge in [-0.15, -0.1) is 0 Å². The summed E-state index contributed by atoms with van der Waals surface area (Å²) in [4.78, 5) is 16.4. The standard InChI is InChI=1S/C23H20N4.Ni/c1-2-3-15-10-22-13-20-7-6-18(25-20)11-16-4-5-17(24-16)12-19-8-9-21(26-19)14-23(15)27-22;/h4-14,25,27H,2-3H2,1H3;. The average molecular weight is 411 g/mol. The minimum absolute atomic E-state index is 0. The molecule has 3 aromatic heterocycles. The molecular formula is C23H20N4Ni. The van der Waals surface area contributed by atoms with Crippen LogP contribution < -0.4 is 0 Å². The molecule has 0 saturated carbocycles. The van der Waals surface area contributed by atoms with Crippen LogP contribution in [0.25, 0.3) is 46.4 Å². The molecule has 0 radical (unpaired) electrons. The van der Waals surface area contributed by atoms with E-state index in [0.29, 0.717) is 0 Å². The van der Waals surface area contributed by atoms with Gasteiger partial charge in [0.25, 0.3) is 0 Å². The molecule has 0 aliphatic carbocycles. The molecule has 8 bridgehead atoms. The quantitative estimate of drug-likeness (QED) is 0.372. The summed E-state index contributed by atoms with van der Waals surface area (Å²) in [6.07, 6.45) is 10.3. The number of aromatic nitrogens is 4. The predicted molar refractivity (Wildman–Crippen MR) is 113 cm³/mol. The molecule has 0 fully saturated rings. The van der Waals surface area contributed by atoms with E-state index in [1.807, 2.05) is 24.3 Å². The predicted octanol–water partition coefficient (Wildman–Crippen LogP) is 5.61. The number of hydrogen-bond acceptors (Lipinski definition) is 2. The van der Waals surface area contributed by atoms with E-state index < -0.39 is 0 Å². The van der Waals surface area contributed by atoms with Crippen molar-refractivity contribution in [2.24, 2.45) is 0 Å². The number of aromatic amines is 2. The van der Waals surface area contributed by atoms with E-state index in [1.54, 1.807) is 0 Å². The molecule has 5 rings (SSSR count). The molecule has 142 valence electrons. The Morgan fingerprint density at radius 1 is 0.679 bits per heavy atom. The first kappa shape index (κ1) is 18.5. The molecule has 0 saturated heterocycles. The van der Waals surface area contributed by atoms with Gasteiger partial charge in [-0.25, -0.2) is 9.97 Å². The average Bonchev–Trinajstić information content (AvgIpc) is 3.41. The van der Waals surface area contributed by atoms with Crippen molar-refractivity contribution in [2.45, 2.75) is 19.8 Å². The van der Waals surface area contributed by atoms with Gasteiger partial charge in [-0.3, -0.25) is 0 Å². The van der Waals surface area contributed by atoms with E-state index in [-0.39, 0.29) is 16.5 Å². The van der Waals surface area contributed by atoms with Gasteiger partial charge in [0.05, 0.1) is 22.8 Å². The zero-order valence-corrected chi connectivity index (χ0v) is 16.5. The number of aryl methyl sites for hydroxylation is 1. The summed E-state index contributed by atoms with van der Waals surface area (Å²) in [5.41, 5.74) is 9.40. The number of nitrogens with one attached hydrogen (secondary N) is 2. The molecular weight excluding hydrogens is 391 g/mol. The largest absolute Gasteiger partial charge is 0.355 e. The third kappa shape index (κ3) is 3.71. The Morgan fingerprint density at radius 3 is 1.96 bits per heavy atom. The van der Waals surface area contributed by atoms with Gasteiger partial charge in [-0.1, -0.05) is 13.3 Å². The number of H-pyrrole nitrogens is 2. The molecule has 4 nitrogen and oxygen atoms in total. The molecule has 2 N–H and O–H groups in total. The van der Waals surface area contributed by atoms with Crippen molar-refractivity contribution < 1.29 is 16.5 Å². The maximum absolute atomic E-state index is 4.72. The molecule has 0 atom stereocenters. The van der Waals surface area contributed by atoms with Crippen LogP contribution in [0.1, 0.15) is 41.7 Å². The molecule has 0 amide bonds. The van der Waals surface area contributed by atoms with Gasteiger partial charge in [-0.2, -0.15) is 0 Å². The second-order valence-electron chi connectivity index (χ2n) is 6.95. The third-order valence-corrected chi connectivity index (χ3v) is 4.77. The van der Waals surface area contributed by atoms with Crippen LogP contribution in [0, 0.1) is 0 Å². The zero-order chi connectivity index (χ0) is 18.2. The molecule has 0 spiro atoms. The fourth-order valence-corrected chi connectivity index (χ4v) is 3.55. The van der Waals surface area contributed by atoms with Gasteiger partial charge < -0.3 is 9.97 Å². The molecule has 3 aromatic rings. The van der Waals surface area contributed by atoms with E-state index in [9.17, 15) is 0 Å². The van der Waals surface area contributed by atoms with E-state index >= 15 is 0 Å². The molecule has 5 heteroatoms. The second-order valence-corrected chi connectivity index (χ2v) is 6.95. The van der Waals surface area contributed by atoms with Gasteiger partial charge >= 0.3 is 0 Å². The minimum atomic E-state index is 0. The number of rotatable bonds is 2. The molecule has 0 unspecified atom stereocenters. The van der Waals surface area contributed by atoms with Crippen LogP contribution in [-0.2, 0) is 22.9 Å². The van der Waals surface area contributed by atoms with Gasteiger partial charge in [0, 0.05) is 38.6 Å². The number of hydrogen-bond donors (Lipinski definition) is 2. The van der Waals surface area contributed by atoms with Gasteiger partial charge in [0.2, 0.25) is 0 Å². The first-order chi connectivity index (χ1) is 13.2. The van der Waals surface area contributed by atoms with Crippen molar-refractivity contribution in [3.05, 3.63) is 70.8 Å². The van der Waals surface area contributed by atoms with Crippen LogP contribution >= 0.6 is 0 Å². The summed E-state index contributed by atoms with van der Waals surface area (Å²) < 4.78 is 0. The topological polar surface area (TPSA) is 57.4 Å². The van der Waals surface area contributed by atoms with Crippen molar-refractivity contribution in [2.75, 3.05) is 0 Å². The summed E-state index contributed by atoms with van der Waals surface area (Å²) >= 11 is 0. The molecule has 2 aliphatic rings. The number of nitrogens with zero attached hydrogens (tertiary/aromatic N) is 2. The summed E-state index contributed by atoms with van der Waals surface area (Å²) in [5, 5.41) is 0. The first-order valence-electron chi connectivity index (χ1n) is 9.32. The van der Waals surface area contributed by atoms with Crippen molar-refractivity contribution in [3.8, 4) is 0 Å². The summed E-state index contributed by atoms with van der Waals surface area (Å²) in [6, 6.07) is 14.7. The minimum Gasteiger partial charge on any atom is -0.355 e. The van der Waals surface area contributed by atoms with Crippen LogP contribution in [0.15, 0.2) is 42.5 Å². The van der Waals surface area contributed by atoms with Crippen molar-refractivity contribution in [3.63, 3.8) is 0 Å². The smallest absolute Gasteiger partial charge is 0.0659 e. The maximum Gasteiger partial charge on any atom is 0.0659 e. The fourth-order valence-electron chi connectivity index (χ4n) is 3.55. The Bertz CT molecular complexity index is 1240. The zero-order valence-electron chi connectivity index (χ0n) is 15.5. The van der Waals surface area contributed by atoms with Crippen LogP contribution in [-0.4, -0.2) is 19.9 Å². The second kappa shape index (κ2) is 7.61. The number of fused-ring (bicyclic) bond motifs is 8. The summed E-state index contributed by atoms with van der Waals surface area (Å²) in [5.74, 6) is 0. The third-order valence-electron chi connectivity index (χ3n) is 4.77. The van der Waals surface area contributed by atoms with Gasteiger partial charge in [0.15, 0.2) is 0 Å². The van der Waals surface area contributed by atoms with Crippen LogP contribution in [0.2, 0.25) is 0 Å². The first-order valence-corrected chi connectivity index (χ1v) is 9.32. The van der Waals surface area contributed by atoms with E-state index in [0.717, 1.165) is 57.7 Å². The van der Waals surface area contributed by atoms with Gasteiger partial charge in [-0.05, 0) is 78.8 Å². The van der Waals surface area contributed by atoms with Crippen molar-refractivity contribution in [1.82, 2.24) is 19.9 Å². The Balaban J connectivity index is 0.00000192. The summed E-state index contributed by atoms with van der Waals surface area (Å²) in [6.45, 7) is 2.21. The fraction of sp³-hybridized carbons (Fsp3) is 0.130. The van der Waals surface area contributed by atoms with Crippen molar-refractivity contribution in [1.29, 1.82) is 0 Å². The SMILES string of the molecule is CCCc1cc2cc3ccc(cc4nc(cc5nc(cc1[nH]2)C=C5)C=C4)[nH]3.[Ni]. The van der Waals surface area contributed by atoms with E-state index in [1.165, 1.54) is 5.56 Å². The molecule has 28 heavy (non-hydrogen) atoms. The monoisotopic (exact) mass is 410 g/mol. The van der Waals surface area contributed by atoms with Crippen LogP contribution in [0.3, 0.4) is 0 Å². The maximum atomic E-state index is 4.72. The van der Waals surface area contributed by atoms with E-state index in [2.05, 4.69) is 64.3 Å². The van der Waals surface area contributed by atoms with Crippen LogP contribution in [0.4, 0.5) is 0 Å². The Labute approximate surface area is 173 Å².